The molecule has 3 nitrogen and oxygen atoms in total. The molecule has 1 heterocycles. The highest BCUT2D eigenvalue weighted by Crippen LogP contribution is 2.32. The second-order valence-corrected chi connectivity index (χ2v) is 8.24. The van der Waals surface area contributed by atoms with Crippen molar-refractivity contribution in [3.8, 4) is 0 Å². The Morgan fingerprint density at radius 2 is 1.68 bits per heavy atom. The molecule has 1 aliphatic rings. The molecule has 0 N–H and O–H groups in total. The predicted molar refractivity (Wildman–Crippen MR) is 77.7 cm³/mol. The van der Waals surface area contributed by atoms with Crippen molar-refractivity contribution in [1.82, 2.24) is 4.31 Å². The lowest BCUT2D eigenvalue weighted by molar-refractivity contribution is 0.196. The largest absolute Gasteiger partial charge is 0.243 e. The minimum Gasteiger partial charge on any atom is -0.207 e. The molecule has 1 saturated heterocycles. The Hall–Kier alpha value is -0.870. The molecular weight excluding hydrogens is 258 g/mol. The van der Waals surface area contributed by atoms with Crippen LogP contribution >= 0.6 is 0 Å². The molecule has 1 aromatic carbocycles. The molecule has 0 atom stereocenters. The molecule has 0 unspecified atom stereocenters. The van der Waals surface area contributed by atoms with E-state index in [-0.39, 0.29) is 5.41 Å². The molecule has 0 aliphatic carbocycles. The van der Waals surface area contributed by atoms with E-state index in [2.05, 4.69) is 13.8 Å². The fraction of sp³-hybridized carbons (Fsp3) is 0.600. The third-order valence-corrected chi connectivity index (χ3v) is 6.08. The van der Waals surface area contributed by atoms with E-state index >= 15 is 0 Å². The summed E-state index contributed by atoms with van der Waals surface area (Å²) < 4.78 is 26.9. The number of benzene rings is 1. The number of rotatable bonds is 2. The molecule has 106 valence electrons. The van der Waals surface area contributed by atoms with Crippen LogP contribution in [0.4, 0.5) is 0 Å². The van der Waals surface area contributed by atoms with Crippen LogP contribution in [0.1, 0.15) is 37.8 Å². The Morgan fingerprint density at radius 3 is 2.21 bits per heavy atom. The van der Waals surface area contributed by atoms with Crippen LogP contribution in [0.25, 0.3) is 0 Å². The van der Waals surface area contributed by atoms with Crippen LogP contribution in [-0.4, -0.2) is 25.8 Å². The summed E-state index contributed by atoms with van der Waals surface area (Å²) in [6.45, 7) is 9.51. The lowest BCUT2D eigenvalue weighted by Crippen LogP contribution is -2.41. The molecular formula is C15H23NO2S. The maximum absolute atomic E-state index is 12.7. The third kappa shape index (κ3) is 3.00. The van der Waals surface area contributed by atoms with Crippen LogP contribution in [0, 0.1) is 19.3 Å². The van der Waals surface area contributed by atoms with Crippen molar-refractivity contribution >= 4 is 10.0 Å². The third-order valence-electron chi connectivity index (χ3n) is 4.02. The van der Waals surface area contributed by atoms with Gasteiger partial charge in [-0.1, -0.05) is 31.5 Å². The van der Waals surface area contributed by atoms with Gasteiger partial charge in [0.05, 0.1) is 4.90 Å². The molecule has 4 heteroatoms. The summed E-state index contributed by atoms with van der Waals surface area (Å²) in [5.41, 5.74) is 2.19. The van der Waals surface area contributed by atoms with Crippen molar-refractivity contribution in [1.29, 1.82) is 0 Å². The first-order chi connectivity index (χ1) is 8.72. The van der Waals surface area contributed by atoms with Gasteiger partial charge in [0.25, 0.3) is 0 Å². The van der Waals surface area contributed by atoms with E-state index in [1.807, 2.05) is 26.0 Å². The van der Waals surface area contributed by atoms with Gasteiger partial charge in [-0.3, -0.25) is 0 Å². The Kier molecular flexibility index (Phi) is 3.76. The standard InChI is InChI=1S/C15H23NO2S/c1-12-5-6-14(13(2)11-12)19(17,18)16-9-7-15(3,4)8-10-16/h5-6,11H,7-10H2,1-4H3. The first-order valence-corrected chi connectivity index (χ1v) is 8.24. The number of piperidine rings is 1. The average Bonchev–Trinajstić information content (AvgIpc) is 2.27. The van der Waals surface area contributed by atoms with Gasteiger partial charge < -0.3 is 0 Å². The van der Waals surface area contributed by atoms with Crippen LogP contribution in [0.2, 0.25) is 0 Å². The molecule has 2 rings (SSSR count). The summed E-state index contributed by atoms with van der Waals surface area (Å²) in [5.74, 6) is 0. The topological polar surface area (TPSA) is 37.4 Å². The first-order valence-electron chi connectivity index (χ1n) is 6.80. The van der Waals surface area contributed by atoms with E-state index in [1.165, 1.54) is 0 Å². The van der Waals surface area contributed by atoms with Gasteiger partial charge >= 0.3 is 0 Å². The highest BCUT2D eigenvalue weighted by molar-refractivity contribution is 7.89. The molecule has 0 bridgehead atoms. The molecule has 0 aromatic heterocycles. The van der Waals surface area contributed by atoms with Gasteiger partial charge in [-0.15, -0.1) is 0 Å². The van der Waals surface area contributed by atoms with Crippen molar-refractivity contribution in [3.63, 3.8) is 0 Å². The maximum atomic E-state index is 12.7. The summed E-state index contributed by atoms with van der Waals surface area (Å²) in [6, 6.07) is 5.54. The van der Waals surface area contributed by atoms with Crippen LogP contribution in [-0.2, 0) is 10.0 Å². The minimum absolute atomic E-state index is 0.258. The van der Waals surface area contributed by atoms with E-state index in [1.54, 1.807) is 10.4 Å². The molecule has 0 spiro atoms. The first kappa shape index (κ1) is 14.5. The predicted octanol–water partition coefficient (Wildman–Crippen LogP) is 3.11. The Balaban J connectivity index is 2.28. The smallest absolute Gasteiger partial charge is 0.207 e. The van der Waals surface area contributed by atoms with E-state index < -0.39 is 10.0 Å². The van der Waals surface area contributed by atoms with Crippen molar-refractivity contribution in [3.05, 3.63) is 29.3 Å². The van der Waals surface area contributed by atoms with Crippen LogP contribution in [0.5, 0.6) is 0 Å². The lowest BCUT2D eigenvalue weighted by atomic mass is 9.83. The Bertz CT molecular complexity index is 566. The van der Waals surface area contributed by atoms with Crippen molar-refractivity contribution in [2.24, 2.45) is 5.41 Å². The molecule has 1 aliphatic heterocycles. The SMILES string of the molecule is Cc1ccc(S(=O)(=O)N2CCC(C)(C)CC2)c(C)c1. The van der Waals surface area contributed by atoms with Crippen LogP contribution < -0.4 is 0 Å². The molecule has 0 radical (unpaired) electrons. The van der Waals surface area contributed by atoms with E-state index in [0.29, 0.717) is 18.0 Å². The molecule has 19 heavy (non-hydrogen) atoms. The Labute approximate surface area is 116 Å². The van der Waals surface area contributed by atoms with Gasteiger partial charge in [-0.2, -0.15) is 4.31 Å². The van der Waals surface area contributed by atoms with Gasteiger partial charge in [-0.25, -0.2) is 8.42 Å². The van der Waals surface area contributed by atoms with Crippen LogP contribution in [0.15, 0.2) is 23.1 Å². The van der Waals surface area contributed by atoms with Gasteiger partial charge in [0.2, 0.25) is 10.0 Å². The number of sulfonamides is 1. The van der Waals surface area contributed by atoms with Crippen molar-refractivity contribution in [2.45, 2.75) is 45.4 Å². The monoisotopic (exact) mass is 281 g/mol. The Morgan fingerprint density at radius 1 is 1.11 bits per heavy atom. The van der Waals surface area contributed by atoms with Gasteiger partial charge in [0, 0.05) is 13.1 Å². The zero-order valence-corrected chi connectivity index (χ0v) is 13.0. The number of nitrogens with zero attached hydrogens (tertiary/aromatic N) is 1. The summed E-state index contributed by atoms with van der Waals surface area (Å²) in [6.07, 6.45) is 1.86. The maximum Gasteiger partial charge on any atom is 0.243 e. The highest BCUT2D eigenvalue weighted by atomic mass is 32.2. The number of hydrogen-bond acceptors (Lipinski definition) is 2. The van der Waals surface area contributed by atoms with Gasteiger partial charge in [0.15, 0.2) is 0 Å². The number of hydrogen-bond donors (Lipinski definition) is 0. The molecule has 0 amide bonds. The quantitative estimate of drug-likeness (QED) is 0.835. The minimum atomic E-state index is -3.33. The lowest BCUT2D eigenvalue weighted by Gasteiger charge is -2.36. The zero-order valence-electron chi connectivity index (χ0n) is 12.2. The van der Waals surface area contributed by atoms with Gasteiger partial charge in [0.1, 0.15) is 0 Å². The summed E-state index contributed by atoms with van der Waals surface area (Å²) in [4.78, 5) is 0.456. The van der Waals surface area contributed by atoms with Gasteiger partial charge in [-0.05, 0) is 43.7 Å². The summed E-state index contributed by atoms with van der Waals surface area (Å²) >= 11 is 0. The molecule has 0 saturated carbocycles. The average molecular weight is 281 g/mol. The number of aryl methyl sites for hydroxylation is 2. The fourth-order valence-corrected chi connectivity index (χ4v) is 4.21. The highest BCUT2D eigenvalue weighted by Gasteiger charge is 2.33. The normalized spacial score (nSPS) is 20.4. The van der Waals surface area contributed by atoms with Crippen molar-refractivity contribution in [2.75, 3.05) is 13.1 Å². The molecule has 1 aromatic rings. The summed E-state index contributed by atoms with van der Waals surface area (Å²) in [5, 5.41) is 0. The fourth-order valence-electron chi connectivity index (χ4n) is 2.56. The van der Waals surface area contributed by atoms with E-state index in [4.69, 9.17) is 0 Å². The summed E-state index contributed by atoms with van der Waals surface area (Å²) in [7, 11) is -3.33. The molecule has 1 fully saturated rings. The second-order valence-electron chi connectivity index (χ2n) is 6.34. The van der Waals surface area contributed by atoms with E-state index in [9.17, 15) is 8.42 Å². The van der Waals surface area contributed by atoms with Crippen molar-refractivity contribution < 1.29 is 8.42 Å². The zero-order chi connectivity index (χ0) is 14.3. The van der Waals surface area contributed by atoms with Crippen LogP contribution in [0.3, 0.4) is 0 Å². The second kappa shape index (κ2) is 4.91. The van der Waals surface area contributed by atoms with E-state index in [0.717, 1.165) is 24.0 Å².